The number of rotatable bonds is 6. The smallest absolute Gasteiger partial charge is 0.328 e. The Bertz CT molecular complexity index is 429. The lowest BCUT2D eigenvalue weighted by Crippen LogP contribution is -2.36. The fraction of sp³-hybridized carbons (Fsp3) is 0.500. The summed E-state index contributed by atoms with van der Waals surface area (Å²) in [5.41, 5.74) is 1.89. The minimum Gasteiger partial charge on any atom is -0.480 e. The van der Waals surface area contributed by atoms with Crippen molar-refractivity contribution in [2.45, 2.75) is 6.04 Å². The van der Waals surface area contributed by atoms with Gasteiger partial charge in [-0.25, -0.2) is 4.79 Å². The summed E-state index contributed by atoms with van der Waals surface area (Å²) >= 11 is 0. The van der Waals surface area contributed by atoms with Crippen molar-refractivity contribution in [3.8, 4) is 0 Å². The van der Waals surface area contributed by atoms with Gasteiger partial charge in [-0.2, -0.15) is 0 Å². The fourth-order valence-corrected chi connectivity index (χ4v) is 2.13. The quantitative estimate of drug-likeness (QED) is 0.811. The zero-order valence-electron chi connectivity index (χ0n) is 11.5. The minimum absolute atomic E-state index is 0.126. The van der Waals surface area contributed by atoms with Gasteiger partial charge in [0.05, 0.1) is 19.8 Å². The standard InChI is InChI=1S/C14H20N2O4/c1-19-10-13(14(17)18)15-11-2-4-12(5-3-11)16-6-8-20-9-7-16/h2-5,13,15H,6-10H2,1H3,(H,17,18). The van der Waals surface area contributed by atoms with Crippen molar-refractivity contribution in [2.75, 3.05) is 50.2 Å². The van der Waals surface area contributed by atoms with Crippen molar-refractivity contribution in [1.82, 2.24) is 0 Å². The zero-order valence-corrected chi connectivity index (χ0v) is 11.5. The lowest BCUT2D eigenvalue weighted by atomic mass is 10.2. The molecule has 1 aliphatic rings. The van der Waals surface area contributed by atoms with Gasteiger partial charge in [0.1, 0.15) is 6.04 Å². The molecule has 1 saturated heterocycles. The van der Waals surface area contributed by atoms with Crippen LogP contribution in [0.15, 0.2) is 24.3 Å². The molecule has 20 heavy (non-hydrogen) atoms. The summed E-state index contributed by atoms with van der Waals surface area (Å²) in [5, 5.41) is 12.0. The van der Waals surface area contributed by atoms with Crippen LogP contribution >= 0.6 is 0 Å². The van der Waals surface area contributed by atoms with E-state index in [1.54, 1.807) is 0 Å². The first-order valence-electron chi connectivity index (χ1n) is 6.62. The van der Waals surface area contributed by atoms with Gasteiger partial charge in [-0.15, -0.1) is 0 Å². The van der Waals surface area contributed by atoms with Crippen LogP contribution in [0.5, 0.6) is 0 Å². The second-order valence-electron chi connectivity index (χ2n) is 4.64. The number of anilines is 2. The maximum Gasteiger partial charge on any atom is 0.328 e. The molecule has 0 saturated carbocycles. The average Bonchev–Trinajstić information content (AvgIpc) is 2.48. The van der Waals surface area contributed by atoms with Crippen LogP contribution in [0.1, 0.15) is 0 Å². The highest BCUT2D eigenvalue weighted by Crippen LogP contribution is 2.19. The van der Waals surface area contributed by atoms with E-state index < -0.39 is 12.0 Å². The van der Waals surface area contributed by atoms with Gasteiger partial charge < -0.3 is 24.8 Å². The second-order valence-corrected chi connectivity index (χ2v) is 4.64. The number of carboxylic acid groups (broad SMARTS) is 1. The van der Waals surface area contributed by atoms with Gasteiger partial charge in [-0.1, -0.05) is 0 Å². The maximum absolute atomic E-state index is 11.0. The monoisotopic (exact) mass is 280 g/mol. The molecule has 0 amide bonds. The molecule has 6 nitrogen and oxygen atoms in total. The number of hydrogen-bond acceptors (Lipinski definition) is 5. The Balaban J connectivity index is 1.98. The third-order valence-electron chi connectivity index (χ3n) is 3.22. The van der Waals surface area contributed by atoms with Crippen LogP contribution in [0.2, 0.25) is 0 Å². The normalized spacial score (nSPS) is 16.8. The molecule has 2 rings (SSSR count). The van der Waals surface area contributed by atoms with Crippen molar-refractivity contribution in [1.29, 1.82) is 0 Å². The molecule has 110 valence electrons. The Hall–Kier alpha value is -1.79. The van der Waals surface area contributed by atoms with Gasteiger partial charge in [0.2, 0.25) is 0 Å². The lowest BCUT2D eigenvalue weighted by molar-refractivity contribution is -0.139. The number of ether oxygens (including phenoxy) is 2. The van der Waals surface area contributed by atoms with Crippen LogP contribution in [0.4, 0.5) is 11.4 Å². The molecule has 1 heterocycles. The van der Waals surface area contributed by atoms with Crippen molar-refractivity contribution in [3.63, 3.8) is 0 Å². The molecule has 0 bridgehead atoms. The van der Waals surface area contributed by atoms with E-state index in [0.29, 0.717) is 0 Å². The van der Waals surface area contributed by atoms with Crippen LogP contribution in [-0.4, -0.2) is 57.1 Å². The average molecular weight is 280 g/mol. The summed E-state index contributed by atoms with van der Waals surface area (Å²) in [4.78, 5) is 13.3. The van der Waals surface area contributed by atoms with Crippen LogP contribution in [0.3, 0.4) is 0 Å². The topological polar surface area (TPSA) is 71.0 Å². The highest BCUT2D eigenvalue weighted by Gasteiger charge is 2.17. The highest BCUT2D eigenvalue weighted by molar-refractivity contribution is 5.77. The number of methoxy groups -OCH3 is 1. The van der Waals surface area contributed by atoms with E-state index >= 15 is 0 Å². The lowest BCUT2D eigenvalue weighted by Gasteiger charge is -2.29. The molecule has 1 unspecified atom stereocenters. The van der Waals surface area contributed by atoms with Gasteiger partial charge in [0.15, 0.2) is 0 Å². The van der Waals surface area contributed by atoms with Crippen molar-refractivity contribution in [3.05, 3.63) is 24.3 Å². The van der Waals surface area contributed by atoms with E-state index in [2.05, 4.69) is 10.2 Å². The third-order valence-corrected chi connectivity index (χ3v) is 3.22. The Morgan fingerprint density at radius 2 is 2.05 bits per heavy atom. The summed E-state index contributed by atoms with van der Waals surface area (Å²) in [6.07, 6.45) is 0. The fourth-order valence-electron chi connectivity index (χ4n) is 2.13. The van der Waals surface area contributed by atoms with E-state index in [9.17, 15) is 4.79 Å². The Labute approximate surface area is 118 Å². The predicted octanol–water partition coefficient (Wildman–Crippen LogP) is 1.03. The summed E-state index contributed by atoms with van der Waals surface area (Å²) in [5.74, 6) is -0.927. The number of morpholine rings is 1. The van der Waals surface area contributed by atoms with Crippen LogP contribution < -0.4 is 10.2 Å². The second kappa shape index (κ2) is 7.12. The molecular weight excluding hydrogens is 260 g/mol. The van der Waals surface area contributed by atoms with E-state index in [0.717, 1.165) is 37.7 Å². The molecule has 1 aliphatic heterocycles. The van der Waals surface area contributed by atoms with E-state index in [1.165, 1.54) is 7.11 Å². The van der Waals surface area contributed by atoms with Crippen LogP contribution in [0, 0.1) is 0 Å². The van der Waals surface area contributed by atoms with Gasteiger partial charge in [0.25, 0.3) is 0 Å². The Morgan fingerprint density at radius 3 is 2.60 bits per heavy atom. The molecule has 0 aromatic heterocycles. The van der Waals surface area contributed by atoms with Crippen molar-refractivity contribution >= 4 is 17.3 Å². The molecule has 6 heteroatoms. The van der Waals surface area contributed by atoms with Crippen LogP contribution in [0.25, 0.3) is 0 Å². The number of nitrogens with zero attached hydrogens (tertiary/aromatic N) is 1. The van der Waals surface area contributed by atoms with E-state index in [1.807, 2.05) is 24.3 Å². The minimum atomic E-state index is -0.927. The van der Waals surface area contributed by atoms with Crippen molar-refractivity contribution < 1.29 is 19.4 Å². The van der Waals surface area contributed by atoms with Gasteiger partial charge in [-0.05, 0) is 24.3 Å². The SMILES string of the molecule is COCC(Nc1ccc(N2CCOCC2)cc1)C(=O)O. The Kier molecular flexibility index (Phi) is 5.20. The molecule has 1 aromatic rings. The first kappa shape index (κ1) is 14.6. The molecule has 0 spiro atoms. The van der Waals surface area contributed by atoms with E-state index in [4.69, 9.17) is 14.6 Å². The van der Waals surface area contributed by atoms with Gasteiger partial charge >= 0.3 is 5.97 Å². The molecule has 0 aliphatic carbocycles. The van der Waals surface area contributed by atoms with Crippen LogP contribution in [-0.2, 0) is 14.3 Å². The number of hydrogen-bond donors (Lipinski definition) is 2. The predicted molar refractivity (Wildman–Crippen MR) is 76.4 cm³/mol. The molecule has 1 atom stereocenters. The van der Waals surface area contributed by atoms with Gasteiger partial charge in [0, 0.05) is 31.6 Å². The zero-order chi connectivity index (χ0) is 14.4. The van der Waals surface area contributed by atoms with Gasteiger partial charge in [-0.3, -0.25) is 0 Å². The van der Waals surface area contributed by atoms with E-state index in [-0.39, 0.29) is 6.61 Å². The number of aliphatic carboxylic acids is 1. The number of benzene rings is 1. The maximum atomic E-state index is 11.0. The largest absolute Gasteiger partial charge is 0.480 e. The highest BCUT2D eigenvalue weighted by atomic mass is 16.5. The molecule has 2 N–H and O–H groups in total. The summed E-state index contributed by atoms with van der Waals surface area (Å²) in [6.45, 7) is 3.38. The number of carbonyl (C=O) groups is 1. The summed E-state index contributed by atoms with van der Waals surface area (Å²) < 4.78 is 10.2. The number of nitrogens with one attached hydrogen (secondary N) is 1. The number of carboxylic acids is 1. The van der Waals surface area contributed by atoms with Crippen molar-refractivity contribution in [2.24, 2.45) is 0 Å². The molecular formula is C14H20N2O4. The molecule has 1 aromatic carbocycles. The first-order chi connectivity index (χ1) is 9.70. The third kappa shape index (κ3) is 3.85. The first-order valence-corrected chi connectivity index (χ1v) is 6.62. The summed E-state index contributed by atoms with van der Waals surface area (Å²) in [7, 11) is 1.49. The molecule has 0 radical (unpaired) electrons. The summed E-state index contributed by atoms with van der Waals surface area (Å²) in [6, 6.07) is 7.00. The Morgan fingerprint density at radius 1 is 1.40 bits per heavy atom. The molecule has 1 fully saturated rings.